The number of halogens is 3. The molecular weight excluding hydrogens is 359 g/mol. The van der Waals surface area contributed by atoms with Crippen molar-refractivity contribution in [3.05, 3.63) is 48.2 Å². The van der Waals surface area contributed by atoms with E-state index in [1.54, 1.807) is 42.6 Å². The zero-order valence-electron chi connectivity index (χ0n) is 14.6. The van der Waals surface area contributed by atoms with Crippen molar-refractivity contribution >= 4 is 11.6 Å². The van der Waals surface area contributed by atoms with Crippen molar-refractivity contribution in [1.82, 2.24) is 9.88 Å². The second-order valence-corrected chi connectivity index (χ2v) is 6.43. The van der Waals surface area contributed by atoms with E-state index in [0.29, 0.717) is 30.2 Å². The van der Waals surface area contributed by atoms with E-state index in [9.17, 15) is 18.0 Å². The molecule has 0 radical (unpaired) electrons. The number of aryl methyl sites for hydroxylation is 1. The van der Waals surface area contributed by atoms with Crippen LogP contribution in [-0.2, 0) is 11.2 Å². The van der Waals surface area contributed by atoms with Crippen LogP contribution in [0.5, 0.6) is 11.6 Å². The minimum Gasteiger partial charge on any atom is -0.437 e. The summed E-state index contributed by atoms with van der Waals surface area (Å²) < 4.78 is 44.5. The van der Waals surface area contributed by atoms with Gasteiger partial charge in [0, 0.05) is 19.2 Å². The average molecular weight is 379 g/mol. The number of benzene rings is 1. The van der Waals surface area contributed by atoms with Gasteiger partial charge in [-0.15, -0.1) is 0 Å². The molecule has 1 fully saturated rings. The molecular formula is C19H20F3N3O2. The van der Waals surface area contributed by atoms with Crippen molar-refractivity contribution in [2.45, 2.75) is 37.9 Å². The van der Waals surface area contributed by atoms with Crippen LogP contribution in [0, 0.1) is 0 Å². The van der Waals surface area contributed by atoms with Gasteiger partial charge in [-0.1, -0.05) is 12.1 Å². The molecule has 2 aromatic rings. The Balaban J connectivity index is 1.56. The van der Waals surface area contributed by atoms with Crippen LogP contribution in [0.1, 0.15) is 24.8 Å². The van der Waals surface area contributed by atoms with Gasteiger partial charge >= 0.3 is 6.18 Å². The monoisotopic (exact) mass is 379 g/mol. The highest BCUT2D eigenvalue weighted by atomic mass is 19.4. The topological polar surface area (TPSA) is 68.5 Å². The fourth-order valence-corrected chi connectivity index (χ4v) is 3.12. The molecule has 1 amide bonds. The third kappa shape index (κ3) is 4.69. The zero-order valence-corrected chi connectivity index (χ0v) is 14.6. The lowest BCUT2D eigenvalue weighted by Crippen LogP contribution is -2.44. The molecule has 1 unspecified atom stereocenters. The lowest BCUT2D eigenvalue weighted by atomic mass is 10.1. The van der Waals surface area contributed by atoms with E-state index in [2.05, 4.69) is 4.98 Å². The fraction of sp³-hybridized carbons (Fsp3) is 0.368. The predicted octanol–water partition coefficient (Wildman–Crippen LogP) is 3.94. The largest absolute Gasteiger partial charge is 0.437 e. The molecule has 5 nitrogen and oxygen atoms in total. The predicted molar refractivity (Wildman–Crippen MR) is 94.3 cm³/mol. The number of aromatic nitrogens is 1. The number of anilines is 1. The van der Waals surface area contributed by atoms with Gasteiger partial charge < -0.3 is 15.4 Å². The number of pyridine rings is 1. The number of nitrogens with zero attached hydrogens (tertiary/aromatic N) is 2. The molecule has 2 N–H and O–H groups in total. The third-order valence-corrected chi connectivity index (χ3v) is 4.52. The summed E-state index contributed by atoms with van der Waals surface area (Å²) in [5.41, 5.74) is 7.03. The van der Waals surface area contributed by atoms with Gasteiger partial charge in [0.05, 0.1) is 5.69 Å². The number of carbonyl (C=O) groups is 1. The normalized spacial score (nSPS) is 17.1. The maximum absolute atomic E-state index is 13.0. The number of alkyl halides is 3. The number of hydrogen-bond donors (Lipinski definition) is 1. The van der Waals surface area contributed by atoms with Crippen LogP contribution < -0.4 is 10.5 Å². The van der Waals surface area contributed by atoms with Gasteiger partial charge in [-0.25, -0.2) is 4.98 Å². The van der Waals surface area contributed by atoms with Crippen molar-refractivity contribution < 1.29 is 22.7 Å². The Morgan fingerprint density at radius 3 is 2.67 bits per heavy atom. The average Bonchev–Trinajstić information content (AvgIpc) is 3.13. The van der Waals surface area contributed by atoms with E-state index in [1.165, 1.54) is 0 Å². The lowest BCUT2D eigenvalue weighted by molar-refractivity contribution is -0.182. The second-order valence-electron chi connectivity index (χ2n) is 6.43. The van der Waals surface area contributed by atoms with Crippen LogP contribution in [0.25, 0.3) is 0 Å². The van der Waals surface area contributed by atoms with Gasteiger partial charge in [-0.2, -0.15) is 13.2 Å². The van der Waals surface area contributed by atoms with Crippen LogP contribution in [0.3, 0.4) is 0 Å². The second kappa shape index (κ2) is 7.85. The van der Waals surface area contributed by atoms with E-state index < -0.39 is 18.1 Å². The Hall–Kier alpha value is -2.77. The Morgan fingerprint density at radius 1 is 1.26 bits per heavy atom. The van der Waals surface area contributed by atoms with Crippen LogP contribution in [0.15, 0.2) is 42.6 Å². The van der Waals surface area contributed by atoms with E-state index in [0.717, 1.165) is 10.5 Å². The first kappa shape index (κ1) is 19.0. The van der Waals surface area contributed by atoms with E-state index >= 15 is 0 Å². The smallest absolute Gasteiger partial charge is 0.408 e. The number of likely N-dealkylation sites (tertiary alicyclic amines) is 1. The van der Waals surface area contributed by atoms with E-state index in [1.807, 2.05) is 0 Å². The molecule has 1 aromatic carbocycles. The number of carbonyl (C=O) groups excluding carboxylic acids is 1. The van der Waals surface area contributed by atoms with Gasteiger partial charge in [0.25, 0.3) is 0 Å². The summed E-state index contributed by atoms with van der Waals surface area (Å²) in [6, 6.07) is 8.69. The van der Waals surface area contributed by atoms with Crippen molar-refractivity contribution in [1.29, 1.82) is 0 Å². The van der Waals surface area contributed by atoms with Crippen molar-refractivity contribution in [3.63, 3.8) is 0 Å². The van der Waals surface area contributed by atoms with Gasteiger partial charge in [0.2, 0.25) is 11.8 Å². The summed E-state index contributed by atoms with van der Waals surface area (Å²) in [5.74, 6) is 0.371. The maximum Gasteiger partial charge on any atom is 0.408 e. The number of amides is 1. The first-order valence-electron chi connectivity index (χ1n) is 8.68. The number of hydrogen-bond acceptors (Lipinski definition) is 4. The lowest BCUT2D eigenvalue weighted by Gasteiger charge is -2.26. The molecule has 1 atom stereocenters. The molecule has 0 spiro atoms. The standard InChI is InChI=1S/C19H20F3N3O2/c20-19(21,22)16-4-2-12-25(16)17(26)10-7-13-5-8-14(9-6-13)27-18-15(23)3-1-11-24-18/h1,3,5-6,8-9,11,16H,2,4,7,10,12,23H2. The first-order valence-corrected chi connectivity index (χ1v) is 8.68. The van der Waals surface area contributed by atoms with Crippen molar-refractivity contribution in [3.8, 4) is 11.6 Å². The molecule has 1 saturated heterocycles. The fourth-order valence-electron chi connectivity index (χ4n) is 3.12. The minimum absolute atomic E-state index is 0.0159. The highest BCUT2D eigenvalue weighted by Gasteiger charge is 2.47. The maximum atomic E-state index is 13.0. The highest BCUT2D eigenvalue weighted by Crippen LogP contribution is 2.33. The first-order chi connectivity index (χ1) is 12.8. The number of rotatable bonds is 5. The summed E-state index contributed by atoms with van der Waals surface area (Å²) >= 11 is 0. The summed E-state index contributed by atoms with van der Waals surface area (Å²) in [5, 5.41) is 0. The molecule has 3 rings (SSSR count). The van der Waals surface area contributed by atoms with Crippen molar-refractivity contribution in [2.24, 2.45) is 0 Å². The number of nitrogen functional groups attached to an aromatic ring is 1. The Labute approximate surface area is 154 Å². The number of ether oxygens (including phenoxy) is 1. The van der Waals surface area contributed by atoms with E-state index in [-0.39, 0.29) is 19.4 Å². The highest BCUT2D eigenvalue weighted by molar-refractivity contribution is 5.77. The molecule has 0 aliphatic carbocycles. The zero-order chi connectivity index (χ0) is 19.4. The van der Waals surface area contributed by atoms with Crippen LogP contribution >= 0.6 is 0 Å². The SMILES string of the molecule is Nc1cccnc1Oc1ccc(CCC(=O)N2CCCC2C(F)(F)F)cc1. The van der Waals surface area contributed by atoms with Crippen LogP contribution in [0.4, 0.5) is 18.9 Å². The molecule has 8 heteroatoms. The summed E-state index contributed by atoms with van der Waals surface area (Å²) in [6.07, 6.45) is -2.01. The van der Waals surface area contributed by atoms with Gasteiger partial charge in [-0.05, 0) is 49.1 Å². The van der Waals surface area contributed by atoms with Crippen LogP contribution in [-0.4, -0.2) is 34.6 Å². The van der Waals surface area contributed by atoms with Gasteiger partial charge in [0.15, 0.2) is 0 Å². The van der Waals surface area contributed by atoms with Crippen LogP contribution in [0.2, 0.25) is 0 Å². The molecule has 0 saturated carbocycles. The Kier molecular flexibility index (Phi) is 5.53. The molecule has 1 aliphatic rings. The van der Waals surface area contributed by atoms with Crippen molar-refractivity contribution in [2.75, 3.05) is 12.3 Å². The molecule has 2 heterocycles. The molecule has 1 aliphatic heterocycles. The Bertz CT molecular complexity index is 794. The molecule has 27 heavy (non-hydrogen) atoms. The molecule has 144 valence electrons. The van der Waals surface area contributed by atoms with Gasteiger partial charge in [-0.3, -0.25) is 4.79 Å². The van der Waals surface area contributed by atoms with E-state index in [4.69, 9.17) is 10.5 Å². The Morgan fingerprint density at radius 2 is 2.00 bits per heavy atom. The summed E-state index contributed by atoms with van der Waals surface area (Å²) in [7, 11) is 0. The molecule has 1 aromatic heterocycles. The summed E-state index contributed by atoms with van der Waals surface area (Å²) in [6.45, 7) is 0.168. The minimum atomic E-state index is -4.36. The molecule has 0 bridgehead atoms. The summed E-state index contributed by atoms with van der Waals surface area (Å²) in [4.78, 5) is 17.2. The quantitative estimate of drug-likeness (QED) is 0.854. The van der Waals surface area contributed by atoms with Gasteiger partial charge in [0.1, 0.15) is 11.8 Å². The third-order valence-electron chi connectivity index (χ3n) is 4.52. The number of nitrogens with two attached hydrogens (primary N) is 1.